The Morgan fingerprint density at radius 3 is 2.39 bits per heavy atom. The number of anilines is 2. The molecule has 1 saturated heterocycles. The second-order valence-corrected chi connectivity index (χ2v) is 8.95. The lowest BCUT2D eigenvalue weighted by molar-refractivity contribution is -0.117. The smallest absolute Gasteiger partial charge is 0.250 e. The van der Waals surface area contributed by atoms with Gasteiger partial charge in [-0.1, -0.05) is 15.9 Å². The van der Waals surface area contributed by atoms with Gasteiger partial charge in [0.25, 0.3) is 0 Å². The lowest BCUT2D eigenvalue weighted by Crippen LogP contribution is -2.42. The highest BCUT2D eigenvalue weighted by Crippen LogP contribution is 2.20. The van der Waals surface area contributed by atoms with Crippen LogP contribution in [0.4, 0.5) is 11.4 Å². The van der Waals surface area contributed by atoms with Gasteiger partial charge in [0, 0.05) is 22.3 Å². The van der Waals surface area contributed by atoms with Gasteiger partial charge in [-0.3, -0.25) is 9.52 Å². The zero-order valence-corrected chi connectivity index (χ0v) is 17.5. The first-order chi connectivity index (χ1) is 13.4. The third kappa shape index (κ3) is 5.22. The topological polar surface area (TPSA) is 109 Å². The Morgan fingerprint density at radius 1 is 1.11 bits per heavy atom. The Bertz CT molecular complexity index is 920. The van der Waals surface area contributed by atoms with E-state index < -0.39 is 21.4 Å². The first kappa shape index (κ1) is 20.6. The number of amides is 1. The van der Waals surface area contributed by atoms with Crippen molar-refractivity contribution in [3.63, 3.8) is 0 Å². The van der Waals surface area contributed by atoms with E-state index >= 15 is 0 Å². The molecule has 150 valence electrons. The molecule has 8 nitrogen and oxygen atoms in total. The number of carbonyl (C=O) groups is 1. The number of hydrogen-bond acceptors (Lipinski definition) is 6. The molecule has 0 aliphatic carbocycles. The standard InChI is InChI=1S/C18H21BrN4O4S/c1-2-27-15-9-7-14(8-10-15)23-28(25,26)17-11-16(21-22-17)18(24)20-13-5-3-12(19)4-6-13/h3-10,16-17,21-23H,2,11H2,1H3,(H,20,24). The minimum Gasteiger partial charge on any atom is -0.494 e. The summed E-state index contributed by atoms with van der Waals surface area (Å²) < 4.78 is 34.0. The van der Waals surface area contributed by atoms with E-state index in [1.807, 2.05) is 19.1 Å². The molecule has 4 N–H and O–H groups in total. The van der Waals surface area contributed by atoms with Crippen molar-refractivity contribution in [2.45, 2.75) is 24.8 Å². The number of carbonyl (C=O) groups excluding carboxylic acids is 1. The van der Waals surface area contributed by atoms with Crippen molar-refractivity contribution in [2.24, 2.45) is 0 Å². The van der Waals surface area contributed by atoms with Crippen LogP contribution in [0.15, 0.2) is 53.0 Å². The summed E-state index contributed by atoms with van der Waals surface area (Å²) in [6.07, 6.45) is 0.0920. The van der Waals surface area contributed by atoms with Crippen molar-refractivity contribution < 1.29 is 17.9 Å². The minimum absolute atomic E-state index is 0.0920. The molecule has 1 aliphatic heterocycles. The second kappa shape index (κ2) is 8.91. The highest BCUT2D eigenvalue weighted by molar-refractivity contribution is 9.10. The summed E-state index contributed by atoms with van der Waals surface area (Å²) in [5, 5.41) is 1.81. The molecule has 2 atom stereocenters. The summed E-state index contributed by atoms with van der Waals surface area (Å²) in [5.74, 6) is 0.351. The van der Waals surface area contributed by atoms with E-state index in [1.165, 1.54) is 0 Å². The molecule has 1 heterocycles. The SMILES string of the molecule is CCOc1ccc(NS(=O)(=O)C2CC(C(=O)Nc3ccc(Br)cc3)NN2)cc1. The third-order valence-electron chi connectivity index (χ3n) is 4.10. The van der Waals surface area contributed by atoms with Gasteiger partial charge in [-0.15, -0.1) is 0 Å². The summed E-state index contributed by atoms with van der Waals surface area (Å²) in [5.41, 5.74) is 6.48. The normalized spacial score (nSPS) is 19.2. The van der Waals surface area contributed by atoms with Crippen molar-refractivity contribution in [1.82, 2.24) is 10.9 Å². The molecular weight excluding hydrogens is 448 g/mol. The van der Waals surface area contributed by atoms with Gasteiger partial charge in [-0.25, -0.2) is 19.3 Å². The van der Waals surface area contributed by atoms with Crippen LogP contribution in [-0.4, -0.2) is 32.3 Å². The Hall–Kier alpha value is -2.14. The fourth-order valence-electron chi connectivity index (χ4n) is 2.69. The number of benzene rings is 2. The molecule has 2 unspecified atom stereocenters. The molecule has 10 heteroatoms. The largest absolute Gasteiger partial charge is 0.494 e. The molecular formula is C18H21BrN4O4S. The highest BCUT2D eigenvalue weighted by Gasteiger charge is 2.37. The summed E-state index contributed by atoms with van der Waals surface area (Å²) in [6, 6.07) is 13.1. The van der Waals surface area contributed by atoms with E-state index in [1.54, 1.807) is 36.4 Å². The number of nitrogens with one attached hydrogen (secondary N) is 4. The average molecular weight is 469 g/mol. The van der Waals surface area contributed by atoms with Gasteiger partial charge in [-0.2, -0.15) is 0 Å². The lowest BCUT2D eigenvalue weighted by atomic mass is 10.2. The minimum atomic E-state index is -3.73. The lowest BCUT2D eigenvalue weighted by Gasteiger charge is -2.14. The van der Waals surface area contributed by atoms with Crippen LogP contribution < -0.4 is 25.6 Å². The Labute approximate surface area is 172 Å². The number of halogens is 1. The van der Waals surface area contributed by atoms with Crippen molar-refractivity contribution in [3.8, 4) is 5.75 Å². The third-order valence-corrected chi connectivity index (χ3v) is 6.20. The van der Waals surface area contributed by atoms with E-state index in [4.69, 9.17) is 4.74 Å². The molecule has 1 amide bonds. The van der Waals surface area contributed by atoms with Crippen molar-refractivity contribution >= 4 is 43.2 Å². The van der Waals surface area contributed by atoms with Crippen LogP contribution in [-0.2, 0) is 14.8 Å². The molecule has 2 aromatic rings. The fraction of sp³-hybridized carbons (Fsp3) is 0.278. The summed E-state index contributed by atoms with van der Waals surface area (Å²) in [6.45, 7) is 2.41. The molecule has 1 aliphatic rings. The molecule has 28 heavy (non-hydrogen) atoms. The number of hydrazine groups is 1. The first-order valence-corrected chi connectivity index (χ1v) is 11.0. The second-order valence-electron chi connectivity index (χ2n) is 6.17. The number of rotatable bonds is 7. The maximum Gasteiger partial charge on any atom is 0.250 e. The van der Waals surface area contributed by atoms with Crippen LogP contribution in [0.25, 0.3) is 0 Å². The first-order valence-electron chi connectivity index (χ1n) is 8.69. The van der Waals surface area contributed by atoms with E-state index in [9.17, 15) is 13.2 Å². The monoisotopic (exact) mass is 468 g/mol. The van der Waals surface area contributed by atoms with Crippen LogP contribution in [0.1, 0.15) is 13.3 Å². The van der Waals surface area contributed by atoms with E-state index in [2.05, 4.69) is 36.8 Å². The molecule has 0 bridgehead atoms. The molecule has 0 saturated carbocycles. The number of hydrogen-bond donors (Lipinski definition) is 4. The van der Waals surface area contributed by atoms with Gasteiger partial charge in [0.05, 0.1) is 6.61 Å². The van der Waals surface area contributed by atoms with Gasteiger partial charge in [0.2, 0.25) is 15.9 Å². The van der Waals surface area contributed by atoms with Gasteiger partial charge in [0.1, 0.15) is 17.2 Å². The molecule has 3 rings (SSSR count). The van der Waals surface area contributed by atoms with Crippen molar-refractivity contribution in [1.29, 1.82) is 0 Å². The summed E-state index contributed by atoms with van der Waals surface area (Å²) >= 11 is 3.33. The Balaban J connectivity index is 1.58. The van der Waals surface area contributed by atoms with Crippen LogP contribution in [0.3, 0.4) is 0 Å². The van der Waals surface area contributed by atoms with Crippen LogP contribution in [0, 0.1) is 0 Å². The van der Waals surface area contributed by atoms with E-state index in [0.29, 0.717) is 23.7 Å². The maximum absolute atomic E-state index is 12.6. The Morgan fingerprint density at radius 2 is 1.75 bits per heavy atom. The van der Waals surface area contributed by atoms with Gasteiger partial charge >= 0.3 is 0 Å². The predicted molar refractivity (Wildman–Crippen MR) is 111 cm³/mol. The van der Waals surface area contributed by atoms with Crippen molar-refractivity contribution in [3.05, 3.63) is 53.0 Å². The van der Waals surface area contributed by atoms with Gasteiger partial charge in [-0.05, 0) is 55.5 Å². The summed E-state index contributed by atoms with van der Waals surface area (Å²) in [7, 11) is -3.73. The zero-order chi connectivity index (χ0) is 20.1. The average Bonchev–Trinajstić information content (AvgIpc) is 3.17. The molecule has 0 spiro atoms. The summed E-state index contributed by atoms with van der Waals surface area (Å²) in [4.78, 5) is 12.4. The highest BCUT2D eigenvalue weighted by atomic mass is 79.9. The zero-order valence-electron chi connectivity index (χ0n) is 15.1. The number of ether oxygens (including phenoxy) is 1. The van der Waals surface area contributed by atoms with E-state index in [0.717, 1.165) is 4.47 Å². The Kier molecular flexibility index (Phi) is 6.55. The molecule has 0 radical (unpaired) electrons. The molecule has 2 aromatic carbocycles. The van der Waals surface area contributed by atoms with Crippen molar-refractivity contribution in [2.75, 3.05) is 16.6 Å². The number of sulfonamides is 1. The van der Waals surface area contributed by atoms with Crippen LogP contribution in [0.5, 0.6) is 5.75 Å². The molecule has 1 fully saturated rings. The van der Waals surface area contributed by atoms with E-state index in [-0.39, 0.29) is 12.3 Å². The molecule has 0 aromatic heterocycles. The van der Waals surface area contributed by atoms with Gasteiger partial charge < -0.3 is 10.1 Å². The van der Waals surface area contributed by atoms with Crippen LogP contribution >= 0.6 is 15.9 Å². The quantitative estimate of drug-likeness (QED) is 0.496. The predicted octanol–water partition coefficient (Wildman–Crippen LogP) is 2.42. The fourth-order valence-corrected chi connectivity index (χ4v) is 4.23. The maximum atomic E-state index is 12.6. The van der Waals surface area contributed by atoms with Crippen LogP contribution in [0.2, 0.25) is 0 Å². The van der Waals surface area contributed by atoms with Gasteiger partial charge in [0.15, 0.2) is 0 Å².